The van der Waals surface area contributed by atoms with Crippen LogP contribution in [0.3, 0.4) is 0 Å². The summed E-state index contributed by atoms with van der Waals surface area (Å²) in [5.74, 6) is 0.467. The summed E-state index contributed by atoms with van der Waals surface area (Å²) in [5.41, 5.74) is 0. The Morgan fingerprint density at radius 3 is 3.00 bits per heavy atom. The monoisotopic (exact) mass is 318 g/mol. The average Bonchev–Trinajstić information content (AvgIpc) is 2.83. The quantitative estimate of drug-likeness (QED) is 0.737. The van der Waals surface area contributed by atoms with Crippen LogP contribution in [0, 0.1) is 0 Å². The second kappa shape index (κ2) is 7.13. The smallest absolute Gasteiger partial charge is 0.221 e. The molecule has 1 heterocycles. The van der Waals surface area contributed by atoms with Gasteiger partial charge >= 0.3 is 0 Å². The van der Waals surface area contributed by atoms with Gasteiger partial charge < -0.3 is 20.5 Å². The zero-order valence-corrected chi connectivity index (χ0v) is 12.2. The van der Waals surface area contributed by atoms with E-state index in [-0.39, 0.29) is 18.6 Å². The number of hydrogen-bond donors (Lipinski definition) is 3. The molecule has 20 heavy (non-hydrogen) atoms. The fraction of sp³-hybridized carbons (Fsp3) is 0.462. The normalized spacial score (nSPS) is 19.8. The van der Waals surface area contributed by atoms with Crippen LogP contribution < -0.4 is 15.4 Å². The summed E-state index contributed by atoms with van der Waals surface area (Å²) in [4.78, 5) is 11.0. The number of hydrogen-bond acceptors (Lipinski definition) is 4. The van der Waals surface area contributed by atoms with E-state index in [9.17, 15) is 9.90 Å². The second-order valence-corrected chi connectivity index (χ2v) is 5.50. The van der Waals surface area contributed by atoms with Gasteiger partial charge in [0.25, 0.3) is 0 Å². The van der Waals surface area contributed by atoms with Gasteiger partial charge in [-0.2, -0.15) is 0 Å². The Bertz CT molecular complexity index is 485. The maximum absolute atomic E-state index is 11.0. The van der Waals surface area contributed by atoms with Crippen molar-refractivity contribution in [2.75, 3.05) is 19.7 Å². The van der Waals surface area contributed by atoms with Crippen molar-refractivity contribution in [2.24, 2.45) is 0 Å². The molecule has 1 aliphatic heterocycles. The van der Waals surface area contributed by atoms with Gasteiger partial charge in [-0.1, -0.05) is 23.2 Å². The van der Waals surface area contributed by atoms with Crippen molar-refractivity contribution in [3.63, 3.8) is 0 Å². The minimum atomic E-state index is -0.694. The topological polar surface area (TPSA) is 70.6 Å². The van der Waals surface area contributed by atoms with Crippen molar-refractivity contribution in [2.45, 2.75) is 18.6 Å². The van der Waals surface area contributed by atoms with Crippen molar-refractivity contribution >= 4 is 29.1 Å². The van der Waals surface area contributed by atoms with Gasteiger partial charge in [0.15, 0.2) is 0 Å². The highest BCUT2D eigenvalue weighted by Crippen LogP contribution is 2.27. The average molecular weight is 319 g/mol. The van der Waals surface area contributed by atoms with Crippen molar-refractivity contribution in [3.8, 4) is 5.75 Å². The zero-order valence-electron chi connectivity index (χ0n) is 10.7. The van der Waals surface area contributed by atoms with E-state index in [1.165, 1.54) is 0 Å². The number of carbonyl (C=O) groups excluding carboxylic acids is 1. The van der Waals surface area contributed by atoms with Crippen molar-refractivity contribution in [3.05, 3.63) is 28.2 Å². The molecule has 1 aromatic rings. The summed E-state index contributed by atoms with van der Waals surface area (Å²) in [6.07, 6.45) is -0.256. The number of benzene rings is 1. The van der Waals surface area contributed by atoms with Crippen LogP contribution in [0.25, 0.3) is 0 Å². The number of halogens is 2. The molecule has 0 spiro atoms. The molecule has 1 amide bonds. The molecular formula is C13H16Cl2N2O3. The van der Waals surface area contributed by atoms with E-state index in [0.29, 0.717) is 35.3 Å². The highest BCUT2D eigenvalue weighted by atomic mass is 35.5. The third kappa shape index (κ3) is 4.52. The van der Waals surface area contributed by atoms with Gasteiger partial charge in [0.05, 0.1) is 5.02 Å². The van der Waals surface area contributed by atoms with Crippen molar-refractivity contribution < 1.29 is 14.6 Å². The highest BCUT2D eigenvalue weighted by Gasteiger charge is 2.21. The molecule has 1 fully saturated rings. The molecule has 110 valence electrons. The number of carbonyl (C=O) groups is 1. The Labute approximate surface area is 127 Å². The van der Waals surface area contributed by atoms with Gasteiger partial charge in [-0.05, 0) is 12.1 Å². The van der Waals surface area contributed by atoms with Crippen LogP contribution in [0.2, 0.25) is 10.0 Å². The van der Waals surface area contributed by atoms with Crippen LogP contribution >= 0.6 is 23.2 Å². The lowest BCUT2D eigenvalue weighted by molar-refractivity contribution is -0.119. The predicted octanol–water partition coefficient (Wildman–Crippen LogP) is 1.21. The van der Waals surface area contributed by atoms with E-state index in [1.54, 1.807) is 18.2 Å². The number of nitrogens with one attached hydrogen (secondary N) is 2. The van der Waals surface area contributed by atoms with Crippen LogP contribution in [0.5, 0.6) is 5.75 Å². The number of aliphatic hydroxyl groups excluding tert-OH is 1. The van der Waals surface area contributed by atoms with Crippen LogP contribution in [-0.4, -0.2) is 42.9 Å². The zero-order chi connectivity index (χ0) is 14.5. The van der Waals surface area contributed by atoms with E-state index in [0.717, 1.165) is 0 Å². The first kappa shape index (κ1) is 15.4. The molecule has 1 aromatic carbocycles. The van der Waals surface area contributed by atoms with Crippen molar-refractivity contribution in [1.82, 2.24) is 10.6 Å². The highest BCUT2D eigenvalue weighted by molar-refractivity contribution is 6.34. The lowest BCUT2D eigenvalue weighted by atomic mass is 10.2. The molecule has 5 nitrogen and oxygen atoms in total. The molecule has 2 rings (SSSR count). The fourth-order valence-electron chi connectivity index (χ4n) is 1.88. The fourth-order valence-corrected chi connectivity index (χ4v) is 2.22. The Hall–Kier alpha value is -1.01. The van der Waals surface area contributed by atoms with Gasteiger partial charge in [-0.3, -0.25) is 4.79 Å². The molecule has 0 aromatic heterocycles. The minimum Gasteiger partial charge on any atom is -0.489 e. The van der Waals surface area contributed by atoms with Gasteiger partial charge in [-0.15, -0.1) is 0 Å². The van der Waals surface area contributed by atoms with Gasteiger partial charge in [0.1, 0.15) is 18.5 Å². The Morgan fingerprint density at radius 2 is 2.30 bits per heavy atom. The summed E-state index contributed by atoms with van der Waals surface area (Å²) in [6.45, 7) is 1.03. The molecule has 7 heteroatoms. The maximum Gasteiger partial charge on any atom is 0.221 e. The van der Waals surface area contributed by atoms with E-state index in [2.05, 4.69) is 10.6 Å². The molecule has 2 unspecified atom stereocenters. The Kier molecular flexibility index (Phi) is 5.48. The molecule has 2 atom stereocenters. The molecular weight excluding hydrogens is 303 g/mol. The Balaban J connectivity index is 1.73. The van der Waals surface area contributed by atoms with Crippen molar-refractivity contribution in [1.29, 1.82) is 0 Å². The summed E-state index contributed by atoms with van der Waals surface area (Å²) in [5, 5.41) is 16.6. The summed E-state index contributed by atoms with van der Waals surface area (Å²) < 4.78 is 5.43. The van der Waals surface area contributed by atoms with E-state index >= 15 is 0 Å². The van der Waals surface area contributed by atoms with Crippen LogP contribution in [0.1, 0.15) is 6.42 Å². The van der Waals surface area contributed by atoms with E-state index < -0.39 is 6.10 Å². The molecule has 1 aliphatic rings. The first-order valence-corrected chi connectivity index (χ1v) is 7.06. The number of ether oxygens (including phenoxy) is 1. The van der Waals surface area contributed by atoms with Gasteiger partial charge in [0, 0.05) is 36.6 Å². The summed E-state index contributed by atoms with van der Waals surface area (Å²) in [6, 6.07) is 4.97. The number of aliphatic hydroxyl groups is 1. The number of rotatable bonds is 6. The van der Waals surface area contributed by atoms with Crippen LogP contribution in [-0.2, 0) is 4.79 Å². The first-order valence-electron chi connectivity index (χ1n) is 6.30. The molecule has 0 bridgehead atoms. The largest absolute Gasteiger partial charge is 0.489 e. The second-order valence-electron chi connectivity index (χ2n) is 4.65. The third-order valence-corrected chi connectivity index (χ3v) is 3.49. The molecule has 0 radical (unpaired) electrons. The van der Waals surface area contributed by atoms with Crippen LogP contribution in [0.4, 0.5) is 0 Å². The lowest BCUT2D eigenvalue weighted by Gasteiger charge is -2.16. The van der Waals surface area contributed by atoms with Gasteiger partial charge in [-0.25, -0.2) is 0 Å². The van der Waals surface area contributed by atoms with E-state index in [4.69, 9.17) is 27.9 Å². The third-order valence-electron chi connectivity index (χ3n) is 2.94. The van der Waals surface area contributed by atoms with Gasteiger partial charge in [0.2, 0.25) is 5.91 Å². The predicted molar refractivity (Wildman–Crippen MR) is 77.4 cm³/mol. The van der Waals surface area contributed by atoms with E-state index in [1.807, 2.05) is 0 Å². The number of amides is 1. The SMILES string of the molecule is O=C1CC(NCC(O)COc2cc(Cl)ccc2Cl)CN1. The summed E-state index contributed by atoms with van der Waals surface area (Å²) >= 11 is 11.8. The standard InChI is InChI=1S/C13H16Cl2N2O3/c14-8-1-2-11(15)12(3-8)20-7-10(18)6-16-9-4-13(19)17-5-9/h1-3,9-10,16,18H,4-7H2,(H,17,19). The molecule has 0 saturated carbocycles. The maximum atomic E-state index is 11.0. The molecule has 0 aliphatic carbocycles. The van der Waals surface area contributed by atoms with Crippen LogP contribution in [0.15, 0.2) is 18.2 Å². The lowest BCUT2D eigenvalue weighted by Crippen LogP contribution is -2.39. The first-order chi connectivity index (χ1) is 9.54. The minimum absolute atomic E-state index is 0.0268. The molecule has 1 saturated heterocycles. The summed E-state index contributed by atoms with van der Waals surface area (Å²) in [7, 11) is 0. The Morgan fingerprint density at radius 1 is 1.50 bits per heavy atom. The molecule has 3 N–H and O–H groups in total.